The molecule has 6 heteroatoms. The van der Waals surface area contributed by atoms with E-state index in [1.165, 1.54) is 270 Å². The summed E-state index contributed by atoms with van der Waals surface area (Å²) < 4.78 is 17.0. The van der Waals surface area contributed by atoms with Crippen molar-refractivity contribution in [2.45, 2.75) is 380 Å². The largest absolute Gasteiger partial charge is 0.462 e. The van der Waals surface area contributed by atoms with Crippen molar-refractivity contribution in [3.63, 3.8) is 0 Å². The van der Waals surface area contributed by atoms with Crippen molar-refractivity contribution >= 4 is 17.9 Å². The molecule has 0 bridgehead atoms. The van der Waals surface area contributed by atoms with Crippen LogP contribution >= 0.6 is 0 Å². The van der Waals surface area contributed by atoms with Gasteiger partial charge >= 0.3 is 17.9 Å². The second-order valence-corrected chi connectivity index (χ2v) is 23.1. The standard InChI is InChI=1S/C70H130O6/c1-4-7-10-13-16-19-22-25-28-31-33-35-37-39-42-45-48-51-54-57-60-63-69(72)75-66-67(65-74-68(71)62-59-56-53-50-47-44-41-38-30-27-24-21-18-15-12-9-6-3)76-70(73)64-61-58-55-52-49-46-43-40-36-34-32-29-26-23-20-17-14-11-8-5-2/h22,25,27,30-31,33,67H,4-21,23-24,26,28-29,32,34-66H2,1-3H3/b25-22-,30-27-,33-31-. The summed E-state index contributed by atoms with van der Waals surface area (Å²) in [6.45, 7) is 6.69. The SMILES string of the molecule is CCCCCCC/C=C\C/C=C\CCCCCCCCCCCC(=O)OCC(COC(=O)CCCCCCCCC/C=C\CCCCCCCC)OC(=O)CCCCCCCCCCCCCCCCCCCCCC. The van der Waals surface area contributed by atoms with E-state index in [0.29, 0.717) is 19.3 Å². The number of carbonyl (C=O) groups is 3. The van der Waals surface area contributed by atoms with Gasteiger partial charge in [-0.1, -0.05) is 314 Å². The summed E-state index contributed by atoms with van der Waals surface area (Å²) in [5, 5.41) is 0. The van der Waals surface area contributed by atoms with Gasteiger partial charge in [-0.05, 0) is 77.0 Å². The molecule has 1 atom stereocenters. The minimum Gasteiger partial charge on any atom is -0.462 e. The number of hydrogen-bond donors (Lipinski definition) is 0. The first-order valence-corrected chi connectivity index (χ1v) is 34.0. The lowest BCUT2D eigenvalue weighted by Gasteiger charge is -2.18. The first-order chi connectivity index (χ1) is 37.5. The van der Waals surface area contributed by atoms with Gasteiger partial charge in [-0.15, -0.1) is 0 Å². The first-order valence-electron chi connectivity index (χ1n) is 34.0. The fraction of sp³-hybridized carbons (Fsp3) is 0.871. The van der Waals surface area contributed by atoms with Gasteiger partial charge in [-0.2, -0.15) is 0 Å². The lowest BCUT2D eigenvalue weighted by Crippen LogP contribution is -2.30. The Bertz CT molecular complexity index is 1270. The fourth-order valence-corrected chi connectivity index (χ4v) is 10.2. The minimum atomic E-state index is -0.774. The van der Waals surface area contributed by atoms with Gasteiger partial charge in [0.15, 0.2) is 6.10 Å². The second kappa shape index (κ2) is 65.2. The molecule has 0 aromatic rings. The highest BCUT2D eigenvalue weighted by molar-refractivity contribution is 5.71. The third-order valence-corrected chi connectivity index (χ3v) is 15.4. The molecule has 0 saturated carbocycles. The summed E-state index contributed by atoms with van der Waals surface area (Å²) >= 11 is 0. The van der Waals surface area contributed by atoms with Crippen LogP contribution in [0.5, 0.6) is 0 Å². The van der Waals surface area contributed by atoms with E-state index in [4.69, 9.17) is 14.2 Å². The second-order valence-electron chi connectivity index (χ2n) is 23.1. The molecule has 1 unspecified atom stereocenters. The zero-order chi connectivity index (χ0) is 55.0. The number of hydrogen-bond acceptors (Lipinski definition) is 6. The summed E-state index contributed by atoms with van der Waals surface area (Å²) in [7, 11) is 0. The molecule has 0 aromatic heterocycles. The highest BCUT2D eigenvalue weighted by Crippen LogP contribution is 2.18. The predicted molar refractivity (Wildman–Crippen MR) is 330 cm³/mol. The Hall–Kier alpha value is -2.37. The zero-order valence-electron chi connectivity index (χ0n) is 51.3. The molecule has 0 N–H and O–H groups in total. The summed E-state index contributed by atoms with van der Waals surface area (Å²) in [5.74, 6) is -0.851. The molecule has 0 aliphatic carbocycles. The Kier molecular flexibility index (Phi) is 63.1. The average molecular weight is 1070 g/mol. The van der Waals surface area contributed by atoms with Crippen LogP contribution in [-0.2, 0) is 28.6 Å². The van der Waals surface area contributed by atoms with E-state index in [1.54, 1.807) is 0 Å². The molecule has 0 aliphatic heterocycles. The molecular weight excluding hydrogens is 937 g/mol. The number of allylic oxidation sites excluding steroid dienone is 6. The van der Waals surface area contributed by atoms with E-state index in [9.17, 15) is 14.4 Å². The smallest absolute Gasteiger partial charge is 0.306 e. The van der Waals surface area contributed by atoms with Gasteiger partial charge in [0.1, 0.15) is 13.2 Å². The summed E-state index contributed by atoms with van der Waals surface area (Å²) in [5.41, 5.74) is 0. The normalized spacial score (nSPS) is 12.2. The van der Waals surface area contributed by atoms with Gasteiger partial charge < -0.3 is 14.2 Å². The van der Waals surface area contributed by atoms with E-state index < -0.39 is 6.10 Å². The number of rotatable bonds is 63. The Morgan fingerprint density at radius 1 is 0.263 bits per heavy atom. The lowest BCUT2D eigenvalue weighted by atomic mass is 10.0. The Labute approximate surface area is 474 Å². The highest BCUT2D eigenvalue weighted by atomic mass is 16.6. The molecule has 0 spiro atoms. The molecule has 0 saturated heterocycles. The van der Waals surface area contributed by atoms with Gasteiger partial charge in [-0.3, -0.25) is 14.4 Å². The molecule has 0 fully saturated rings. The zero-order valence-corrected chi connectivity index (χ0v) is 51.3. The summed E-state index contributed by atoms with van der Waals surface area (Å²) in [4.78, 5) is 38.4. The van der Waals surface area contributed by atoms with E-state index >= 15 is 0 Å². The monoisotopic (exact) mass is 1070 g/mol. The molecule has 0 radical (unpaired) electrons. The van der Waals surface area contributed by atoms with E-state index in [0.717, 1.165) is 64.2 Å². The van der Waals surface area contributed by atoms with Crippen LogP contribution in [0.3, 0.4) is 0 Å². The third-order valence-electron chi connectivity index (χ3n) is 15.4. The Morgan fingerprint density at radius 2 is 0.474 bits per heavy atom. The Balaban J connectivity index is 4.33. The van der Waals surface area contributed by atoms with Gasteiger partial charge in [0.25, 0.3) is 0 Å². The molecule has 446 valence electrons. The molecule has 6 nitrogen and oxygen atoms in total. The molecule has 0 aromatic carbocycles. The molecule has 0 heterocycles. The van der Waals surface area contributed by atoms with E-state index in [1.807, 2.05) is 0 Å². The number of carbonyl (C=O) groups excluding carboxylic acids is 3. The predicted octanol–water partition coefficient (Wildman–Crippen LogP) is 23.2. The summed E-state index contributed by atoms with van der Waals surface area (Å²) in [6, 6.07) is 0. The van der Waals surface area contributed by atoms with Crippen LogP contribution < -0.4 is 0 Å². The number of esters is 3. The molecule has 76 heavy (non-hydrogen) atoms. The summed E-state index contributed by atoms with van der Waals surface area (Å²) in [6.07, 6.45) is 80.1. The third kappa shape index (κ3) is 62.5. The maximum atomic E-state index is 12.9. The lowest BCUT2D eigenvalue weighted by molar-refractivity contribution is -0.167. The minimum absolute atomic E-state index is 0.0713. The van der Waals surface area contributed by atoms with Gasteiger partial charge in [0.05, 0.1) is 0 Å². The van der Waals surface area contributed by atoms with Crippen LogP contribution in [0.4, 0.5) is 0 Å². The van der Waals surface area contributed by atoms with Crippen molar-refractivity contribution in [1.29, 1.82) is 0 Å². The number of ether oxygens (including phenoxy) is 3. The fourth-order valence-electron chi connectivity index (χ4n) is 10.2. The van der Waals surface area contributed by atoms with Crippen LogP contribution in [-0.4, -0.2) is 37.2 Å². The maximum absolute atomic E-state index is 12.9. The van der Waals surface area contributed by atoms with Gasteiger partial charge in [0.2, 0.25) is 0 Å². The molecule has 0 rings (SSSR count). The van der Waals surface area contributed by atoms with Crippen molar-refractivity contribution in [2.75, 3.05) is 13.2 Å². The van der Waals surface area contributed by atoms with Crippen molar-refractivity contribution in [3.05, 3.63) is 36.5 Å². The van der Waals surface area contributed by atoms with Crippen LogP contribution in [0, 0.1) is 0 Å². The first kappa shape index (κ1) is 73.6. The van der Waals surface area contributed by atoms with Crippen molar-refractivity contribution in [1.82, 2.24) is 0 Å². The highest BCUT2D eigenvalue weighted by Gasteiger charge is 2.19. The van der Waals surface area contributed by atoms with E-state index in [2.05, 4.69) is 57.2 Å². The molecular formula is C70H130O6. The average Bonchev–Trinajstić information content (AvgIpc) is 3.42. The van der Waals surface area contributed by atoms with Crippen LogP contribution in [0.25, 0.3) is 0 Å². The van der Waals surface area contributed by atoms with Gasteiger partial charge in [-0.25, -0.2) is 0 Å². The number of unbranched alkanes of at least 4 members (excludes halogenated alkanes) is 46. The topological polar surface area (TPSA) is 78.9 Å². The van der Waals surface area contributed by atoms with Crippen molar-refractivity contribution < 1.29 is 28.6 Å². The van der Waals surface area contributed by atoms with Crippen molar-refractivity contribution in [2.24, 2.45) is 0 Å². The van der Waals surface area contributed by atoms with Crippen LogP contribution in [0.1, 0.15) is 374 Å². The van der Waals surface area contributed by atoms with Crippen LogP contribution in [0.2, 0.25) is 0 Å². The molecule has 0 aliphatic rings. The van der Waals surface area contributed by atoms with E-state index in [-0.39, 0.29) is 31.1 Å². The maximum Gasteiger partial charge on any atom is 0.306 e. The Morgan fingerprint density at radius 3 is 0.737 bits per heavy atom. The van der Waals surface area contributed by atoms with Gasteiger partial charge in [0, 0.05) is 19.3 Å². The van der Waals surface area contributed by atoms with Crippen molar-refractivity contribution in [3.8, 4) is 0 Å². The quantitative estimate of drug-likeness (QED) is 0.0261. The molecule has 0 amide bonds. The van der Waals surface area contributed by atoms with Crippen LogP contribution in [0.15, 0.2) is 36.5 Å².